The van der Waals surface area contributed by atoms with Crippen LogP contribution in [0.2, 0.25) is 0 Å². The molecule has 7 nitrogen and oxygen atoms in total. The van der Waals surface area contributed by atoms with Crippen LogP contribution < -0.4 is 5.73 Å². The molecule has 1 aliphatic rings. The lowest BCUT2D eigenvalue weighted by Crippen LogP contribution is -2.59. The van der Waals surface area contributed by atoms with Crippen molar-refractivity contribution in [3.05, 3.63) is 0 Å². The summed E-state index contributed by atoms with van der Waals surface area (Å²) in [4.78, 5) is 27.9. The van der Waals surface area contributed by atoms with Crippen LogP contribution in [0.1, 0.15) is 40.5 Å². The fourth-order valence-corrected chi connectivity index (χ4v) is 2.49. The van der Waals surface area contributed by atoms with Gasteiger partial charge in [0.05, 0.1) is 6.04 Å². The summed E-state index contributed by atoms with van der Waals surface area (Å²) in [6.07, 6.45) is 0.804. The fourth-order valence-electron chi connectivity index (χ4n) is 2.49. The van der Waals surface area contributed by atoms with E-state index in [0.29, 0.717) is 52.2 Å². The number of ether oxygens (including phenoxy) is 2. The van der Waals surface area contributed by atoms with Gasteiger partial charge in [-0.05, 0) is 34.1 Å². The molecule has 1 rings (SSSR count). The van der Waals surface area contributed by atoms with Crippen LogP contribution >= 0.6 is 0 Å². The monoisotopic (exact) mass is 329 g/mol. The molecular weight excluding hydrogens is 298 g/mol. The Balaban J connectivity index is 2.51. The van der Waals surface area contributed by atoms with Crippen molar-refractivity contribution in [1.82, 2.24) is 9.80 Å². The Morgan fingerprint density at radius 1 is 1.26 bits per heavy atom. The van der Waals surface area contributed by atoms with Crippen molar-refractivity contribution in [3.63, 3.8) is 0 Å². The van der Waals surface area contributed by atoms with Gasteiger partial charge in [-0.2, -0.15) is 0 Å². The van der Waals surface area contributed by atoms with Crippen molar-refractivity contribution >= 4 is 12.0 Å². The van der Waals surface area contributed by atoms with E-state index in [9.17, 15) is 9.59 Å². The van der Waals surface area contributed by atoms with Gasteiger partial charge in [0.15, 0.2) is 0 Å². The molecule has 0 aromatic rings. The number of hydrogen-bond donors (Lipinski definition) is 1. The molecule has 0 aliphatic carbocycles. The Morgan fingerprint density at radius 2 is 1.96 bits per heavy atom. The highest BCUT2D eigenvalue weighted by atomic mass is 16.6. The molecule has 1 saturated heterocycles. The summed E-state index contributed by atoms with van der Waals surface area (Å²) in [6, 6.07) is -0.157. The third kappa shape index (κ3) is 6.74. The minimum Gasteiger partial charge on any atom is -0.444 e. The Kier molecular flexibility index (Phi) is 7.78. The summed E-state index contributed by atoms with van der Waals surface area (Å²) >= 11 is 0. The van der Waals surface area contributed by atoms with E-state index in [-0.39, 0.29) is 18.0 Å². The summed E-state index contributed by atoms with van der Waals surface area (Å²) in [5.41, 5.74) is 5.27. The molecule has 0 spiro atoms. The second-order valence-corrected chi connectivity index (χ2v) is 6.70. The fraction of sp³-hybridized carbons (Fsp3) is 0.875. The van der Waals surface area contributed by atoms with E-state index in [4.69, 9.17) is 15.2 Å². The van der Waals surface area contributed by atoms with Gasteiger partial charge in [0.25, 0.3) is 0 Å². The molecule has 0 aromatic carbocycles. The molecule has 1 atom stereocenters. The number of nitrogens with two attached hydrogens (primary N) is 1. The first kappa shape index (κ1) is 19.7. The van der Waals surface area contributed by atoms with Gasteiger partial charge in [0.1, 0.15) is 5.60 Å². The van der Waals surface area contributed by atoms with Crippen LogP contribution in [0.3, 0.4) is 0 Å². The maximum atomic E-state index is 12.3. The predicted octanol–water partition coefficient (Wildman–Crippen LogP) is 1.21. The van der Waals surface area contributed by atoms with E-state index >= 15 is 0 Å². The number of amides is 2. The third-order valence-electron chi connectivity index (χ3n) is 3.61. The molecule has 1 fully saturated rings. The highest BCUT2D eigenvalue weighted by Crippen LogP contribution is 2.15. The number of rotatable bonds is 6. The highest BCUT2D eigenvalue weighted by Gasteiger charge is 2.33. The lowest BCUT2D eigenvalue weighted by Gasteiger charge is -2.41. The zero-order valence-corrected chi connectivity index (χ0v) is 14.8. The van der Waals surface area contributed by atoms with E-state index in [1.807, 2.05) is 27.7 Å². The van der Waals surface area contributed by atoms with Crippen molar-refractivity contribution in [2.24, 2.45) is 5.73 Å². The topological polar surface area (TPSA) is 85.1 Å². The van der Waals surface area contributed by atoms with Crippen LogP contribution in [0.4, 0.5) is 4.79 Å². The first-order valence-corrected chi connectivity index (χ1v) is 8.33. The molecule has 23 heavy (non-hydrogen) atoms. The normalized spacial score (nSPS) is 18.9. The summed E-state index contributed by atoms with van der Waals surface area (Å²) in [6.45, 7) is 10.4. The molecule has 1 aliphatic heterocycles. The predicted molar refractivity (Wildman–Crippen MR) is 88.1 cm³/mol. The molecule has 0 radical (unpaired) electrons. The average Bonchev–Trinajstić information content (AvgIpc) is 2.49. The standard InChI is InChI=1S/C16H31N3O4/c1-5-22-10-6-7-14(20)19-9-8-18(12-13(19)11-17)15(21)23-16(2,3)4/h13H,5-12,17H2,1-4H3. The Morgan fingerprint density at radius 3 is 2.52 bits per heavy atom. The van der Waals surface area contributed by atoms with E-state index in [1.54, 1.807) is 9.80 Å². The first-order valence-electron chi connectivity index (χ1n) is 8.33. The van der Waals surface area contributed by atoms with Gasteiger partial charge in [-0.1, -0.05) is 0 Å². The molecule has 0 aromatic heterocycles. The largest absolute Gasteiger partial charge is 0.444 e. The van der Waals surface area contributed by atoms with E-state index in [0.717, 1.165) is 0 Å². The number of hydrogen-bond acceptors (Lipinski definition) is 5. The van der Waals surface area contributed by atoms with E-state index in [2.05, 4.69) is 0 Å². The first-order chi connectivity index (χ1) is 10.8. The quantitative estimate of drug-likeness (QED) is 0.740. The lowest BCUT2D eigenvalue weighted by molar-refractivity contribution is -0.136. The zero-order chi connectivity index (χ0) is 17.5. The van der Waals surface area contributed by atoms with Gasteiger partial charge >= 0.3 is 6.09 Å². The summed E-state index contributed by atoms with van der Waals surface area (Å²) in [5.74, 6) is 0.0731. The van der Waals surface area contributed by atoms with E-state index < -0.39 is 5.60 Å². The number of nitrogens with zero attached hydrogens (tertiary/aromatic N) is 2. The van der Waals surface area contributed by atoms with E-state index in [1.165, 1.54) is 0 Å². The molecule has 2 amide bonds. The van der Waals surface area contributed by atoms with Crippen LogP contribution in [0.15, 0.2) is 0 Å². The maximum absolute atomic E-state index is 12.3. The van der Waals surface area contributed by atoms with Gasteiger partial charge in [-0.25, -0.2) is 4.79 Å². The Labute approximate surface area is 139 Å². The minimum absolute atomic E-state index is 0.0731. The second kappa shape index (κ2) is 9.08. The summed E-state index contributed by atoms with van der Waals surface area (Å²) in [5, 5.41) is 0. The van der Waals surface area contributed by atoms with Crippen LogP contribution in [0.25, 0.3) is 0 Å². The number of piperazine rings is 1. The molecule has 1 unspecified atom stereocenters. The molecule has 0 bridgehead atoms. The SMILES string of the molecule is CCOCCCC(=O)N1CCN(C(=O)OC(C)(C)C)CC1CN. The van der Waals surface area contributed by atoms with Crippen molar-refractivity contribution in [1.29, 1.82) is 0 Å². The van der Waals surface area contributed by atoms with Gasteiger partial charge < -0.3 is 25.0 Å². The van der Waals surface area contributed by atoms with Crippen LogP contribution in [-0.2, 0) is 14.3 Å². The van der Waals surface area contributed by atoms with Gasteiger partial charge in [0.2, 0.25) is 5.91 Å². The van der Waals surface area contributed by atoms with Crippen LogP contribution in [-0.4, -0.2) is 72.8 Å². The number of carbonyl (C=O) groups is 2. The van der Waals surface area contributed by atoms with Crippen molar-refractivity contribution in [2.45, 2.75) is 52.2 Å². The third-order valence-corrected chi connectivity index (χ3v) is 3.61. The molecule has 1 heterocycles. The van der Waals surface area contributed by atoms with Crippen molar-refractivity contribution in [3.8, 4) is 0 Å². The van der Waals surface area contributed by atoms with Crippen molar-refractivity contribution in [2.75, 3.05) is 39.4 Å². The molecule has 134 valence electrons. The average molecular weight is 329 g/mol. The summed E-state index contributed by atoms with van der Waals surface area (Å²) < 4.78 is 10.6. The van der Waals surface area contributed by atoms with Crippen LogP contribution in [0.5, 0.6) is 0 Å². The van der Waals surface area contributed by atoms with Gasteiger partial charge in [-0.15, -0.1) is 0 Å². The zero-order valence-electron chi connectivity index (χ0n) is 14.8. The molecular formula is C16H31N3O4. The molecule has 0 saturated carbocycles. The lowest BCUT2D eigenvalue weighted by atomic mass is 10.1. The van der Waals surface area contributed by atoms with Gasteiger partial charge in [-0.3, -0.25) is 4.79 Å². The summed E-state index contributed by atoms with van der Waals surface area (Å²) in [7, 11) is 0. The molecule has 2 N–H and O–H groups in total. The van der Waals surface area contributed by atoms with Crippen LogP contribution in [0, 0.1) is 0 Å². The highest BCUT2D eigenvalue weighted by molar-refractivity contribution is 5.77. The smallest absolute Gasteiger partial charge is 0.410 e. The molecule has 7 heteroatoms. The second-order valence-electron chi connectivity index (χ2n) is 6.70. The van der Waals surface area contributed by atoms with Crippen molar-refractivity contribution < 1.29 is 19.1 Å². The Bertz CT molecular complexity index is 395. The Hall–Kier alpha value is -1.34. The minimum atomic E-state index is -0.526. The van der Waals surface area contributed by atoms with Gasteiger partial charge in [0, 0.05) is 45.8 Å². The number of carbonyl (C=O) groups excluding carboxylic acids is 2. The maximum Gasteiger partial charge on any atom is 0.410 e.